The fourth-order valence-electron chi connectivity index (χ4n) is 4.34. The van der Waals surface area contributed by atoms with Gasteiger partial charge in [0.1, 0.15) is 5.69 Å². The molecule has 1 fully saturated rings. The summed E-state index contributed by atoms with van der Waals surface area (Å²) < 4.78 is 7.32. The summed E-state index contributed by atoms with van der Waals surface area (Å²) >= 11 is 6.23. The molecule has 1 amide bonds. The third-order valence-corrected chi connectivity index (χ3v) is 6.55. The summed E-state index contributed by atoms with van der Waals surface area (Å²) in [6, 6.07) is 22.7. The maximum atomic E-state index is 13.5. The number of aromatic nitrogens is 2. The molecule has 1 atom stereocenters. The number of nitrogens with one attached hydrogen (secondary N) is 1. The van der Waals surface area contributed by atoms with Crippen LogP contribution in [0.15, 0.2) is 83.5 Å². The van der Waals surface area contributed by atoms with Gasteiger partial charge in [-0.3, -0.25) is 9.69 Å². The van der Waals surface area contributed by atoms with Gasteiger partial charge in [0.15, 0.2) is 11.5 Å². The highest BCUT2D eigenvalue weighted by Gasteiger charge is 2.24. The summed E-state index contributed by atoms with van der Waals surface area (Å²) in [6.07, 6.45) is 1.60. The summed E-state index contributed by atoms with van der Waals surface area (Å²) in [5.74, 6) is 0.384. The van der Waals surface area contributed by atoms with Crippen LogP contribution in [0.1, 0.15) is 22.1 Å². The first-order valence-electron chi connectivity index (χ1n) is 11.7. The second-order valence-corrected chi connectivity index (χ2v) is 9.26. The third kappa shape index (κ3) is 5.48. The molecule has 1 unspecified atom stereocenters. The molecule has 5 rings (SSSR count). The number of rotatable bonds is 7. The summed E-state index contributed by atoms with van der Waals surface area (Å²) in [6.45, 7) is 4.73. The predicted octanol–water partition coefficient (Wildman–Crippen LogP) is 4.50. The molecule has 180 valence electrons. The maximum Gasteiger partial charge on any atom is 0.272 e. The number of likely N-dealkylation sites (N-methyl/N-ethyl adjacent to an activating group) is 1. The molecule has 2 aromatic carbocycles. The highest BCUT2D eigenvalue weighted by molar-refractivity contribution is 6.30. The van der Waals surface area contributed by atoms with Gasteiger partial charge in [-0.2, -0.15) is 5.10 Å². The topological polar surface area (TPSA) is 66.5 Å². The van der Waals surface area contributed by atoms with Crippen LogP contribution in [0.2, 0.25) is 5.02 Å². The summed E-state index contributed by atoms with van der Waals surface area (Å²) in [5, 5.41) is 8.47. The van der Waals surface area contributed by atoms with Crippen molar-refractivity contribution in [2.75, 3.05) is 39.8 Å². The van der Waals surface area contributed by atoms with E-state index in [0.29, 0.717) is 22.2 Å². The summed E-state index contributed by atoms with van der Waals surface area (Å²) in [7, 11) is 2.14. The van der Waals surface area contributed by atoms with E-state index in [1.807, 2.05) is 48.5 Å². The first-order chi connectivity index (χ1) is 17.1. The van der Waals surface area contributed by atoms with Crippen LogP contribution in [0.5, 0.6) is 0 Å². The fraction of sp³-hybridized carbons (Fsp3) is 0.259. The molecule has 0 aliphatic carbocycles. The van der Waals surface area contributed by atoms with E-state index in [4.69, 9.17) is 16.0 Å². The van der Waals surface area contributed by atoms with Gasteiger partial charge in [0.25, 0.3) is 5.91 Å². The number of benzene rings is 2. The standard InChI is InChI=1S/C27H28ClN5O2/c1-31-12-14-32(15-13-31)19-24(20-7-3-2-4-8-20)29-27(34)23-18-25(26-11-6-16-35-26)33(30-23)22-10-5-9-21(28)17-22/h2-11,16-18,24H,12-15,19H2,1H3,(H,29,34). The van der Waals surface area contributed by atoms with Crippen LogP contribution in [0.25, 0.3) is 17.1 Å². The molecule has 0 bridgehead atoms. The van der Waals surface area contributed by atoms with Gasteiger partial charge in [0.2, 0.25) is 0 Å². The number of piperazine rings is 1. The molecule has 3 heterocycles. The van der Waals surface area contributed by atoms with Crippen molar-refractivity contribution in [2.24, 2.45) is 0 Å². The van der Waals surface area contributed by atoms with E-state index in [1.165, 1.54) is 0 Å². The first kappa shape index (κ1) is 23.4. The number of carbonyl (C=O) groups is 1. The second-order valence-electron chi connectivity index (χ2n) is 8.82. The van der Waals surface area contributed by atoms with Crippen LogP contribution < -0.4 is 5.32 Å². The zero-order chi connectivity index (χ0) is 24.2. The van der Waals surface area contributed by atoms with Crippen LogP contribution >= 0.6 is 11.6 Å². The van der Waals surface area contributed by atoms with Crippen molar-refractivity contribution in [3.63, 3.8) is 0 Å². The maximum absolute atomic E-state index is 13.5. The molecule has 1 aliphatic heterocycles. The van der Waals surface area contributed by atoms with Gasteiger partial charge < -0.3 is 14.6 Å². The van der Waals surface area contributed by atoms with E-state index in [-0.39, 0.29) is 11.9 Å². The Balaban J connectivity index is 1.43. The molecule has 0 saturated carbocycles. The van der Waals surface area contributed by atoms with E-state index in [2.05, 4.69) is 39.4 Å². The minimum Gasteiger partial charge on any atom is -0.463 e. The SMILES string of the molecule is CN1CCN(CC(NC(=O)c2cc(-c3ccco3)n(-c3cccc(Cl)c3)n2)c2ccccc2)CC1. The Bertz CT molecular complexity index is 1260. The highest BCUT2D eigenvalue weighted by Crippen LogP contribution is 2.26. The Morgan fingerprint density at radius 1 is 1.03 bits per heavy atom. The van der Waals surface area contributed by atoms with Crippen molar-refractivity contribution >= 4 is 17.5 Å². The van der Waals surface area contributed by atoms with Gasteiger partial charge in [-0.05, 0) is 42.9 Å². The summed E-state index contributed by atoms with van der Waals surface area (Å²) in [5.41, 5.74) is 2.81. The minimum atomic E-state index is -0.235. The average Bonchev–Trinajstić information content (AvgIpc) is 3.56. The van der Waals surface area contributed by atoms with E-state index in [1.54, 1.807) is 23.1 Å². The number of halogens is 1. The van der Waals surface area contributed by atoms with Crippen LogP contribution in [0.3, 0.4) is 0 Å². The lowest BCUT2D eigenvalue weighted by Gasteiger charge is -2.35. The quantitative estimate of drug-likeness (QED) is 0.414. The molecule has 4 aromatic rings. The average molecular weight is 490 g/mol. The van der Waals surface area contributed by atoms with Gasteiger partial charge in [-0.1, -0.05) is 48.0 Å². The summed E-state index contributed by atoms with van der Waals surface area (Å²) in [4.78, 5) is 18.2. The second kappa shape index (κ2) is 10.5. The Morgan fingerprint density at radius 3 is 2.54 bits per heavy atom. The predicted molar refractivity (Wildman–Crippen MR) is 137 cm³/mol. The molecular weight excluding hydrogens is 462 g/mol. The number of furan rings is 1. The lowest BCUT2D eigenvalue weighted by Crippen LogP contribution is -2.47. The monoisotopic (exact) mass is 489 g/mol. The molecule has 1 aliphatic rings. The molecule has 1 N–H and O–H groups in total. The van der Waals surface area contributed by atoms with Crippen LogP contribution in [0.4, 0.5) is 0 Å². The molecule has 0 radical (unpaired) electrons. The minimum absolute atomic E-state index is 0.157. The van der Waals surface area contributed by atoms with E-state index >= 15 is 0 Å². The number of amides is 1. The smallest absolute Gasteiger partial charge is 0.272 e. The molecule has 7 nitrogen and oxygen atoms in total. The Morgan fingerprint density at radius 2 is 1.83 bits per heavy atom. The molecule has 0 spiro atoms. The first-order valence-corrected chi connectivity index (χ1v) is 12.1. The number of hydrogen-bond acceptors (Lipinski definition) is 5. The van der Waals surface area contributed by atoms with Crippen molar-refractivity contribution < 1.29 is 9.21 Å². The zero-order valence-electron chi connectivity index (χ0n) is 19.6. The fourth-order valence-corrected chi connectivity index (χ4v) is 4.52. The molecule has 8 heteroatoms. The molecule has 2 aromatic heterocycles. The van der Waals surface area contributed by atoms with Gasteiger partial charge in [0.05, 0.1) is 18.0 Å². The molecule has 1 saturated heterocycles. The van der Waals surface area contributed by atoms with Gasteiger partial charge in [0, 0.05) is 43.8 Å². The molecular formula is C27H28ClN5O2. The number of carbonyl (C=O) groups excluding carboxylic acids is 1. The van der Waals surface area contributed by atoms with E-state index in [9.17, 15) is 4.79 Å². The Labute approximate surface area is 209 Å². The largest absolute Gasteiger partial charge is 0.463 e. The van der Waals surface area contributed by atoms with Crippen molar-refractivity contribution in [3.8, 4) is 17.1 Å². The zero-order valence-corrected chi connectivity index (χ0v) is 20.4. The van der Waals surface area contributed by atoms with E-state index < -0.39 is 0 Å². The van der Waals surface area contributed by atoms with Crippen LogP contribution in [-0.4, -0.2) is 65.3 Å². The third-order valence-electron chi connectivity index (χ3n) is 6.31. The lowest BCUT2D eigenvalue weighted by atomic mass is 10.1. The van der Waals surface area contributed by atoms with Crippen molar-refractivity contribution in [2.45, 2.75) is 6.04 Å². The van der Waals surface area contributed by atoms with E-state index in [0.717, 1.165) is 44.0 Å². The Hall–Kier alpha value is -3.39. The Kier molecular flexibility index (Phi) is 6.99. The van der Waals surface area contributed by atoms with Crippen LogP contribution in [0, 0.1) is 0 Å². The van der Waals surface area contributed by atoms with Gasteiger partial charge in [-0.15, -0.1) is 0 Å². The van der Waals surface area contributed by atoms with Gasteiger partial charge in [-0.25, -0.2) is 4.68 Å². The molecule has 35 heavy (non-hydrogen) atoms. The van der Waals surface area contributed by atoms with Crippen LogP contribution in [-0.2, 0) is 0 Å². The number of nitrogens with zero attached hydrogens (tertiary/aromatic N) is 4. The number of hydrogen-bond donors (Lipinski definition) is 1. The van der Waals surface area contributed by atoms with Crippen molar-refractivity contribution in [3.05, 3.63) is 95.3 Å². The highest BCUT2D eigenvalue weighted by atomic mass is 35.5. The van der Waals surface area contributed by atoms with Crippen molar-refractivity contribution in [1.29, 1.82) is 0 Å². The lowest BCUT2D eigenvalue weighted by molar-refractivity contribution is 0.0902. The van der Waals surface area contributed by atoms with Crippen molar-refractivity contribution in [1.82, 2.24) is 24.9 Å². The van der Waals surface area contributed by atoms with Gasteiger partial charge >= 0.3 is 0 Å². The normalized spacial score (nSPS) is 15.7.